The van der Waals surface area contributed by atoms with Gasteiger partial charge in [0.25, 0.3) is 0 Å². The summed E-state index contributed by atoms with van der Waals surface area (Å²) < 4.78 is 0. The van der Waals surface area contributed by atoms with Crippen LogP contribution in [0.4, 0.5) is 5.69 Å². The van der Waals surface area contributed by atoms with Gasteiger partial charge in [0.2, 0.25) is 0 Å². The molecular formula is C17H19NS. The number of hydrogen-bond acceptors (Lipinski definition) is 2. The third-order valence-corrected chi connectivity index (χ3v) is 4.30. The molecule has 2 heteroatoms. The van der Waals surface area contributed by atoms with Gasteiger partial charge < -0.3 is 0 Å². The molecule has 0 bridgehead atoms. The Bertz CT molecular complexity index is 620. The Morgan fingerprint density at radius 3 is 2.68 bits per heavy atom. The van der Waals surface area contributed by atoms with Crippen LogP contribution in [0.25, 0.3) is 16.0 Å². The highest BCUT2D eigenvalue weighted by molar-refractivity contribution is 7.15. The van der Waals surface area contributed by atoms with Gasteiger partial charge in [-0.2, -0.15) is 0 Å². The summed E-state index contributed by atoms with van der Waals surface area (Å²) in [5.41, 5.74) is 4.42. The summed E-state index contributed by atoms with van der Waals surface area (Å²) >= 11 is 1.86. The first-order chi connectivity index (χ1) is 9.15. The van der Waals surface area contributed by atoms with E-state index in [-0.39, 0.29) is 0 Å². The zero-order valence-corrected chi connectivity index (χ0v) is 12.6. The maximum atomic E-state index is 4.40. The fourth-order valence-corrected chi connectivity index (χ4v) is 2.95. The summed E-state index contributed by atoms with van der Waals surface area (Å²) in [4.78, 5) is 7.13. The second-order valence-electron chi connectivity index (χ2n) is 4.52. The Kier molecular flexibility index (Phi) is 4.33. The summed E-state index contributed by atoms with van der Waals surface area (Å²) in [6.45, 7) is 10.2. The van der Waals surface area contributed by atoms with Gasteiger partial charge in [0.05, 0.1) is 5.69 Å². The summed E-state index contributed by atoms with van der Waals surface area (Å²) in [5.74, 6) is 0. The molecular weight excluding hydrogens is 250 g/mol. The topological polar surface area (TPSA) is 12.4 Å². The minimum Gasteiger partial charge on any atom is -0.261 e. The van der Waals surface area contributed by atoms with E-state index < -0.39 is 0 Å². The van der Waals surface area contributed by atoms with E-state index in [4.69, 9.17) is 0 Å². The summed E-state index contributed by atoms with van der Waals surface area (Å²) in [5, 5.41) is 0. The molecule has 0 unspecified atom stereocenters. The smallest absolute Gasteiger partial charge is 0.0700 e. The zero-order chi connectivity index (χ0) is 13.8. The molecule has 0 spiro atoms. The largest absolute Gasteiger partial charge is 0.261 e. The standard InChI is InChI=1S/C17H19NS/c1-5-14-8-10-17(19-14)13-7-9-16(18-6-2)15(11-13)12(3)4/h6-11H,3,5H2,1-2,4H3/b18-6-. The molecule has 0 radical (unpaired) electrons. The average molecular weight is 269 g/mol. The van der Waals surface area contributed by atoms with Crippen molar-refractivity contribution in [1.82, 2.24) is 0 Å². The first-order valence-electron chi connectivity index (χ1n) is 6.53. The number of aliphatic imine (C=N–C) groups is 1. The molecule has 0 aliphatic heterocycles. The minimum atomic E-state index is 0.992. The summed E-state index contributed by atoms with van der Waals surface area (Å²) in [6.07, 6.45) is 2.91. The average Bonchev–Trinajstić information content (AvgIpc) is 2.88. The van der Waals surface area contributed by atoms with E-state index >= 15 is 0 Å². The lowest BCUT2D eigenvalue weighted by molar-refractivity contribution is 1.19. The number of allylic oxidation sites excluding steroid dienone is 1. The molecule has 0 aliphatic rings. The number of hydrogen-bond donors (Lipinski definition) is 0. The first kappa shape index (κ1) is 13.8. The Morgan fingerprint density at radius 2 is 2.11 bits per heavy atom. The molecule has 0 saturated carbocycles. The van der Waals surface area contributed by atoms with Gasteiger partial charge in [0.15, 0.2) is 0 Å². The molecule has 0 N–H and O–H groups in total. The lowest BCUT2D eigenvalue weighted by atomic mass is 10.0. The van der Waals surface area contributed by atoms with Gasteiger partial charge in [-0.05, 0) is 55.7 Å². The van der Waals surface area contributed by atoms with Gasteiger partial charge >= 0.3 is 0 Å². The molecule has 1 nitrogen and oxygen atoms in total. The predicted molar refractivity (Wildman–Crippen MR) is 87.7 cm³/mol. The van der Waals surface area contributed by atoms with Crippen LogP contribution in [-0.2, 0) is 6.42 Å². The van der Waals surface area contributed by atoms with Crippen molar-refractivity contribution in [3.63, 3.8) is 0 Å². The molecule has 1 aromatic carbocycles. The van der Waals surface area contributed by atoms with Gasteiger partial charge in [0.1, 0.15) is 0 Å². The highest BCUT2D eigenvalue weighted by Gasteiger charge is 2.07. The molecule has 0 fully saturated rings. The number of aryl methyl sites for hydroxylation is 1. The van der Waals surface area contributed by atoms with Gasteiger partial charge in [-0.1, -0.05) is 19.6 Å². The van der Waals surface area contributed by atoms with E-state index in [0.29, 0.717) is 0 Å². The number of benzene rings is 1. The number of thiophene rings is 1. The van der Waals surface area contributed by atoms with Crippen LogP contribution in [0.2, 0.25) is 0 Å². The molecule has 2 aromatic rings. The fourth-order valence-electron chi connectivity index (χ4n) is 2.01. The van der Waals surface area contributed by atoms with E-state index in [1.807, 2.05) is 31.4 Å². The minimum absolute atomic E-state index is 0.992. The van der Waals surface area contributed by atoms with Crippen molar-refractivity contribution >= 4 is 28.8 Å². The molecule has 0 aliphatic carbocycles. The maximum Gasteiger partial charge on any atom is 0.0700 e. The molecule has 1 aromatic heterocycles. The third kappa shape index (κ3) is 3.02. The highest BCUT2D eigenvalue weighted by atomic mass is 32.1. The van der Waals surface area contributed by atoms with Crippen molar-refractivity contribution < 1.29 is 0 Å². The van der Waals surface area contributed by atoms with Crippen LogP contribution in [0.3, 0.4) is 0 Å². The van der Waals surface area contributed by atoms with E-state index in [1.165, 1.54) is 15.3 Å². The molecule has 2 rings (SSSR count). The van der Waals surface area contributed by atoms with Crippen molar-refractivity contribution in [1.29, 1.82) is 0 Å². The van der Waals surface area contributed by atoms with E-state index in [2.05, 4.69) is 48.8 Å². The van der Waals surface area contributed by atoms with E-state index in [1.54, 1.807) is 0 Å². The van der Waals surface area contributed by atoms with E-state index in [0.717, 1.165) is 23.2 Å². The first-order valence-corrected chi connectivity index (χ1v) is 7.35. The monoisotopic (exact) mass is 269 g/mol. The van der Waals surface area contributed by atoms with Gasteiger partial charge in [-0.3, -0.25) is 4.99 Å². The Balaban J connectivity index is 2.48. The fraction of sp³-hybridized carbons (Fsp3) is 0.235. The van der Waals surface area contributed by atoms with Crippen LogP contribution in [0, 0.1) is 0 Å². The summed E-state index contributed by atoms with van der Waals surface area (Å²) in [6, 6.07) is 10.8. The van der Waals surface area contributed by atoms with Gasteiger partial charge in [-0.15, -0.1) is 11.3 Å². The highest BCUT2D eigenvalue weighted by Crippen LogP contribution is 2.34. The van der Waals surface area contributed by atoms with Crippen molar-refractivity contribution in [3.8, 4) is 10.4 Å². The second kappa shape index (κ2) is 5.98. The predicted octanol–water partition coefficient (Wildman–Crippen LogP) is 5.73. The van der Waals surface area contributed by atoms with Crippen LogP contribution in [0.5, 0.6) is 0 Å². The molecule has 1 heterocycles. The maximum absolute atomic E-state index is 4.40. The quantitative estimate of drug-likeness (QED) is 0.628. The Labute approximate surface area is 119 Å². The molecule has 19 heavy (non-hydrogen) atoms. The van der Waals surface area contributed by atoms with Gasteiger partial charge in [-0.25, -0.2) is 0 Å². The van der Waals surface area contributed by atoms with Crippen LogP contribution in [0.1, 0.15) is 31.2 Å². The number of nitrogens with zero attached hydrogens (tertiary/aromatic N) is 1. The molecule has 0 saturated heterocycles. The Hall–Kier alpha value is -1.67. The van der Waals surface area contributed by atoms with Crippen molar-refractivity contribution in [3.05, 3.63) is 47.4 Å². The third-order valence-electron chi connectivity index (χ3n) is 3.02. The SMILES string of the molecule is C=C(C)c1cc(-c2ccc(CC)s2)ccc1/N=C\C. The Morgan fingerprint density at radius 1 is 1.32 bits per heavy atom. The lowest BCUT2D eigenvalue weighted by Gasteiger charge is -2.07. The van der Waals surface area contributed by atoms with Crippen molar-refractivity contribution in [2.45, 2.75) is 27.2 Å². The van der Waals surface area contributed by atoms with Gasteiger partial charge in [0, 0.05) is 21.5 Å². The molecule has 0 atom stereocenters. The van der Waals surface area contributed by atoms with Crippen molar-refractivity contribution in [2.24, 2.45) is 4.99 Å². The zero-order valence-electron chi connectivity index (χ0n) is 11.7. The van der Waals surface area contributed by atoms with Crippen LogP contribution < -0.4 is 0 Å². The van der Waals surface area contributed by atoms with Crippen LogP contribution in [-0.4, -0.2) is 6.21 Å². The van der Waals surface area contributed by atoms with Crippen LogP contribution in [0.15, 0.2) is 41.9 Å². The number of rotatable bonds is 4. The summed E-state index contributed by atoms with van der Waals surface area (Å²) in [7, 11) is 0. The lowest BCUT2D eigenvalue weighted by Crippen LogP contribution is -1.82. The van der Waals surface area contributed by atoms with E-state index in [9.17, 15) is 0 Å². The molecule has 98 valence electrons. The second-order valence-corrected chi connectivity index (χ2v) is 5.69. The van der Waals surface area contributed by atoms with Crippen LogP contribution >= 0.6 is 11.3 Å². The molecule has 0 amide bonds. The normalized spacial score (nSPS) is 11.1. The van der Waals surface area contributed by atoms with Crippen molar-refractivity contribution in [2.75, 3.05) is 0 Å².